The molecule has 3 heterocycles. The van der Waals surface area contributed by atoms with Crippen LogP contribution in [0.4, 0.5) is 0 Å². The number of piperidine rings is 1. The monoisotopic (exact) mass is 321 g/mol. The van der Waals surface area contributed by atoms with Crippen molar-refractivity contribution in [3.8, 4) is 0 Å². The maximum atomic E-state index is 12.5. The van der Waals surface area contributed by atoms with E-state index < -0.39 is 5.91 Å². The van der Waals surface area contributed by atoms with Crippen LogP contribution in [0.3, 0.4) is 0 Å². The number of aromatic nitrogens is 3. The summed E-state index contributed by atoms with van der Waals surface area (Å²) in [6.07, 6.45) is 7.04. The first-order chi connectivity index (χ1) is 11.1. The first-order valence-electron chi connectivity index (χ1n) is 8.24. The number of hydrogen-bond acceptors (Lipinski definition) is 5. The molecular formula is C15H23N5O3. The third kappa shape index (κ3) is 3.87. The van der Waals surface area contributed by atoms with Crippen LogP contribution in [0.25, 0.3) is 0 Å². The molecule has 8 heteroatoms. The van der Waals surface area contributed by atoms with Gasteiger partial charge in [0.05, 0.1) is 18.6 Å². The molecule has 0 saturated carbocycles. The van der Waals surface area contributed by atoms with Crippen molar-refractivity contribution in [2.75, 3.05) is 19.7 Å². The van der Waals surface area contributed by atoms with Gasteiger partial charge < -0.3 is 15.4 Å². The fraction of sp³-hybridized carbons (Fsp3) is 0.733. The Bertz CT molecular complexity index is 567. The lowest BCUT2D eigenvalue weighted by molar-refractivity contribution is -0.136. The molecule has 1 aromatic heterocycles. The van der Waals surface area contributed by atoms with Crippen LogP contribution >= 0.6 is 0 Å². The summed E-state index contributed by atoms with van der Waals surface area (Å²) in [7, 11) is 0. The molecule has 2 saturated heterocycles. The number of hydrogen-bond donors (Lipinski definition) is 1. The van der Waals surface area contributed by atoms with Crippen molar-refractivity contribution in [1.82, 2.24) is 19.7 Å². The van der Waals surface area contributed by atoms with Gasteiger partial charge in [0.25, 0.3) is 5.91 Å². The minimum atomic E-state index is -0.637. The van der Waals surface area contributed by atoms with Crippen LogP contribution < -0.4 is 5.73 Å². The van der Waals surface area contributed by atoms with Crippen molar-refractivity contribution in [3.63, 3.8) is 0 Å². The number of nitrogens with two attached hydrogens (primary N) is 1. The Labute approximate surface area is 135 Å². The summed E-state index contributed by atoms with van der Waals surface area (Å²) >= 11 is 0. The lowest BCUT2D eigenvalue weighted by Gasteiger charge is -2.34. The fourth-order valence-corrected chi connectivity index (χ4v) is 3.25. The van der Waals surface area contributed by atoms with E-state index in [1.54, 1.807) is 4.68 Å². The summed E-state index contributed by atoms with van der Waals surface area (Å²) in [5, 5.41) is 4.11. The number of likely N-dealkylation sites (tertiary alicyclic amines) is 1. The van der Waals surface area contributed by atoms with E-state index in [0.717, 1.165) is 45.3 Å². The van der Waals surface area contributed by atoms with E-state index in [-0.39, 0.29) is 23.9 Å². The van der Waals surface area contributed by atoms with Gasteiger partial charge in [0.15, 0.2) is 0 Å². The molecule has 0 unspecified atom stereocenters. The molecule has 2 aliphatic rings. The minimum absolute atomic E-state index is 0.0176. The van der Waals surface area contributed by atoms with E-state index >= 15 is 0 Å². The lowest BCUT2D eigenvalue weighted by Crippen LogP contribution is -2.42. The van der Waals surface area contributed by atoms with Gasteiger partial charge in [0.1, 0.15) is 6.33 Å². The van der Waals surface area contributed by atoms with Crippen molar-refractivity contribution >= 4 is 11.8 Å². The SMILES string of the molecule is NC(=O)c1ncn([C@H]2CCCN(C(=O)C[C@@H]3CCCCO3)C2)n1. The molecule has 1 aromatic rings. The van der Waals surface area contributed by atoms with Crippen molar-refractivity contribution < 1.29 is 14.3 Å². The molecule has 2 aliphatic heterocycles. The standard InChI is InChI=1S/C15H23N5O3/c16-14(22)15-17-10-20(18-15)11-4-3-6-19(9-11)13(21)8-12-5-1-2-7-23-12/h10-12H,1-9H2,(H2,16,22)/t11-,12-/m0/s1. The number of amides is 2. The number of carbonyl (C=O) groups is 2. The van der Waals surface area contributed by atoms with Gasteiger partial charge >= 0.3 is 0 Å². The Balaban J connectivity index is 1.58. The minimum Gasteiger partial charge on any atom is -0.378 e. The van der Waals surface area contributed by atoms with Gasteiger partial charge in [-0.15, -0.1) is 5.10 Å². The first-order valence-corrected chi connectivity index (χ1v) is 8.24. The molecule has 2 atom stereocenters. The lowest BCUT2D eigenvalue weighted by atomic mass is 10.0. The molecule has 3 rings (SSSR count). The van der Waals surface area contributed by atoms with Crippen LogP contribution in [0, 0.1) is 0 Å². The predicted octanol–water partition coefficient (Wildman–Crippen LogP) is 0.500. The average molecular weight is 321 g/mol. The maximum absolute atomic E-state index is 12.5. The van der Waals surface area contributed by atoms with Crippen molar-refractivity contribution in [3.05, 3.63) is 12.2 Å². The Hall–Kier alpha value is -1.96. The topological polar surface area (TPSA) is 103 Å². The highest BCUT2D eigenvalue weighted by Crippen LogP contribution is 2.23. The van der Waals surface area contributed by atoms with E-state index in [1.165, 1.54) is 6.33 Å². The summed E-state index contributed by atoms with van der Waals surface area (Å²) in [5.41, 5.74) is 5.18. The second-order valence-corrected chi connectivity index (χ2v) is 6.24. The van der Waals surface area contributed by atoms with Gasteiger partial charge in [-0.1, -0.05) is 0 Å². The molecule has 0 spiro atoms. The van der Waals surface area contributed by atoms with Gasteiger partial charge in [-0.05, 0) is 32.1 Å². The fourth-order valence-electron chi connectivity index (χ4n) is 3.25. The van der Waals surface area contributed by atoms with Crippen molar-refractivity contribution in [2.24, 2.45) is 5.73 Å². The largest absolute Gasteiger partial charge is 0.378 e. The van der Waals surface area contributed by atoms with Crippen LogP contribution in [-0.2, 0) is 9.53 Å². The highest BCUT2D eigenvalue weighted by atomic mass is 16.5. The quantitative estimate of drug-likeness (QED) is 0.869. The van der Waals surface area contributed by atoms with Gasteiger partial charge in [0, 0.05) is 19.7 Å². The number of rotatable bonds is 4. The average Bonchev–Trinajstić information content (AvgIpc) is 3.06. The zero-order valence-corrected chi connectivity index (χ0v) is 13.2. The second kappa shape index (κ2) is 7.08. The normalized spacial score (nSPS) is 25.3. The number of nitrogens with zero attached hydrogens (tertiary/aromatic N) is 4. The molecule has 126 valence electrons. The maximum Gasteiger partial charge on any atom is 0.288 e. The van der Waals surface area contributed by atoms with Crippen LogP contribution in [0.15, 0.2) is 6.33 Å². The highest BCUT2D eigenvalue weighted by Gasteiger charge is 2.28. The summed E-state index contributed by atoms with van der Waals surface area (Å²) in [6, 6.07) is 0.0422. The van der Waals surface area contributed by atoms with Gasteiger partial charge in [-0.2, -0.15) is 0 Å². The molecule has 0 aromatic carbocycles. The highest BCUT2D eigenvalue weighted by molar-refractivity contribution is 5.88. The molecule has 0 bridgehead atoms. The van der Waals surface area contributed by atoms with E-state index in [9.17, 15) is 9.59 Å². The molecule has 0 aliphatic carbocycles. The summed E-state index contributed by atoms with van der Waals surface area (Å²) in [6.45, 7) is 2.11. The van der Waals surface area contributed by atoms with Crippen LogP contribution in [0.2, 0.25) is 0 Å². The Kier molecular flexibility index (Phi) is 4.90. The molecule has 2 fully saturated rings. The molecule has 8 nitrogen and oxygen atoms in total. The molecule has 2 N–H and O–H groups in total. The van der Waals surface area contributed by atoms with E-state index in [4.69, 9.17) is 10.5 Å². The predicted molar refractivity (Wildman–Crippen MR) is 81.6 cm³/mol. The third-order valence-corrected chi connectivity index (χ3v) is 4.53. The number of primary amides is 1. The Morgan fingerprint density at radius 2 is 2.17 bits per heavy atom. The third-order valence-electron chi connectivity index (χ3n) is 4.53. The zero-order chi connectivity index (χ0) is 16.2. The molecular weight excluding hydrogens is 298 g/mol. The van der Waals surface area contributed by atoms with Crippen molar-refractivity contribution in [2.45, 2.75) is 50.7 Å². The molecule has 2 amide bonds. The number of ether oxygens (including phenoxy) is 1. The Morgan fingerprint density at radius 3 is 2.87 bits per heavy atom. The summed E-state index contributed by atoms with van der Waals surface area (Å²) in [4.78, 5) is 29.4. The van der Waals surface area contributed by atoms with E-state index in [1.807, 2.05) is 4.90 Å². The number of carbonyl (C=O) groups excluding carboxylic acids is 2. The summed E-state index contributed by atoms with van der Waals surface area (Å²) < 4.78 is 7.30. The second-order valence-electron chi connectivity index (χ2n) is 6.24. The van der Waals surface area contributed by atoms with Gasteiger partial charge in [-0.25, -0.2) is 9.67 Å². The first kappa shape index (κ1) is 15.9. The van der Waals surface area contributed by atoms with Gasteiger partial charge in [-0.3, -0.25) is 9.59 Å². The smallest absolute Gasteiger partial charge is 0.288 e. The van der Waals surface area contributed by atoms with Crippen molar-refractivity contribution in [1.29, 1.82) is 0 Å². The Morgan fingerprint density at radius 1 is 1.30 bits per heavy atom. The molecule has 0 radical (unpaired) electrons. The zero-order valence-electron chi connectivity index (χ0n) is 13.2. The van der Waals surface area contributed by atoms with E-state index in [2.05, 4.69) is 10.1 Å². The van der Waals surface area contributed by atoms with Gasteiger partial charge in [0.2, 0.25) is 11.7 Å². The van der Waals surface area contributed by atoms with Crippen LogP contribution in [0.1, 0.15) is 55.2 Å². The van der Waals surface area contributed by atoms with E-state index in [0.29, 0.717) is 13.0 Å². The van der Waals surface area contributed by atoms with Crippen LogP contribution in [0.5, 0.6) is 0 Å². The summed E-state index contributed by atoms with van der Waals surface area (Å²) in [5.74, 6) is -0.483. The molecule has 23 heavy (non-hydrogen) atoms. The van der Waals surface area contributed by atoms with Crippen LogP contribution in [-0.4, -0.2) is 57.3 Å².